The highest BCUT2D eigenvalue weighted by Gasteiger charge is 2.40. The zero-order valence-electron chi connectivity index (χ0n) is 7.93. The first-order valence-corrected chi connectivity index (χ1v) is 5.07. The van der Waals surface area contributed by atoms with E-state index in [4.69, 9.17) is 0 Å². The van der Waals surface area contributed by atoms with Gasteiger partial charge in [-0.15, -0.1) is 0 Å². The average Bonchev–Trinajstić information content (AvgIpc) is 2.53. The molecule has 0 bridgehead atoms. The molecule has 0 aromatic heterocycles. The van der Waals surface area contributed by atoms with E-state index in [1.807, 2.05) is 0 Å². The van der Waals surface area contributed by atoms with Crippen molar-refractivity contribution in [2.24, 2.45) is 5.92 Å². The molecule has 5 heteroatoms. The molecule has 1 aliphatic rings. The molecule has 1 fully saturated rings. The van der Waals surface area contributed by atoms with Crippen LogP contribution in [0.4, 0.5) is 8.78 Å². The van der Waals surface area contributed by atoms with Crippen LogP contribution in [0.25, 0.3) is 0 Å². The van der Waals surface area contributed by atoms with Gasteiger partial charge in [-0.25, -0.2) is 4.79 Å². The maximum absolute atomic E-state index is 12.3. The summed E-state index contributed by atoms with van der Waals surface area (Å²) < 4.78 is 29.1. The molecule has 14 heavy (non-hydrogen) atoms. The lowest BCUT2D eigenvalue weighted by atomic mass is 10.0. The molecular weight excluding hydrogens is 214 g/mol. The molecule has 0 aromatic carbocycles. The molecule has 1 rings (SSSR count). The summed E-state index contributed by atoms with van der Waals surface area (Å²) in [5, 5.41) is -3.90. The van der Waals surface area contributed by atoms with E-state index in [0.717, 1.165) is 25.7 Å². The van der Waals surface area contributed by atoms with Crippen LogP contribution in [0.5, 0.6) is 0 Å². The van der Waals surface area contributed by atoms with Crippen LogP contribution in [0.1, 0.15) is 32.6 Å². The summed E-state index contributed by atoms with van der Waals surface area (Å²) in [7, 11) is 0. The van der Waals surface area contributed by atoms with Gasteiger partial charge in [0.2, 0.25) is 0 Å². The van der Waals surface area contributed by atoms with E-state index in [2.05, 4.69) is 16.3 Å². The minimum atomic E-state index is -3.90. The minimum absolute atomic E-state index is 0.206. The predicted octanol–water partition coefficient (Wildman–Crippen LogP) is 2.94. The largest absolute Gasteiger partial charge is 0.457 e. The van der Waals surface area contributed by atoms with Gasteiger partial charge in [0.25, 0.3) is 0 Å². The first-order valence-electron chi connectivity index (χ1n) is 4.69. The molecule has 0 spiro atoms. The molecule has 2 nitrogen and oxygen atoms in total. The van der Waals surface area contributed by atoms with Gasteiger partial charge >= 0.3 is 11.4 Å². The summed E-state index contributed by atoms with van der Waals surface area (Å²) >= 11 is 4.53. The fourth-order valence-electron chi connectivity index (χ4n) is 1.76. The van der Waals surface area contributed by atoms with E-state index in [1.54, 1.807) is 6.92 Å². The maximum Gasteiger partial charge on any atom is 0.417 e. The lowest BCUT2D eigenvalue weighted by molar-refractivity contribution is -0.168. The van der Waals surface area contributed by atoms with Crippen molar-refractivity contribution in [3.8, 4) is 0 Å². The first-order chi connectivity index (χ1) is 6.41. The normalized spacial score (nSPS) is 20.9. The topological polar surface area (TPSA) is 26.3 Å². The van der Waals surface area contributed by atoms with Gasteiger partial charge in [-0.05, 0) is 37.3 Å². The Balaban J connectivity index is 2.39. The number of rotatable bonds is 3. The highest BCUT2D eigenvalue weighted by molar-refractivity contribution is 6.31. The molecule has 1 unspecified atom stereocenters. The molecule has 0 aromatic rings. The van der Waals surface area contributed by atoms with Gasteiger partial charge in [-0.3, -0.25) is 0 Å². The Morgan fingerprint density at radius 1 is 1.50 bits per heavy atom. The standard InChI is InChI=1S/C9H13ClF2O2/c1-6(7-4-2-3-5-7)14-8(13)9(10,11)12/h6-7H,2-5H2,1H3. The van der Waals surface area contributed by atoms with Crippen molar-refractivity contribution in [2.75, 3.05) is 0 Å². The second-order valence-electron chi connectivity index (χ2n) is 3.65. The van der Waals surface area contributed by atoms with Crippen LogP contribution in [0, 0.1) is 5.92 Å². The number of halogens is 3. The van der Waals surface area contributed by atoms with E-state index in [1.165, 1.54) is 0 Å². The summed E-state index contributed by atoms with van der Waals surface area (Å²) in [5.41, 5.74) is 0. The molecule has 1 aliphatic carbocycles. The third kappa shape index (κ3) is 3.08. The summed E-state index contributed by atoms with van der Waals surface area (Å²) in [6.45, 7) is 1.64. The summed E-state index contributed by atoms with van der Waals surface area (Å²) in [4.78, 5) is 10.7. The third-order valence-electron chi connectivity index (χ3n) is 2.59. The Morgan fingerprint density at radius 3 is 2.43 bits per heavy atom. The second kappa shape index (κ2) is 4.43. The zero-order chi connectivity index (χ0) is 10.8. The molecule has 1 atom stereocenters. The predicted molar refractivity (Wildman–Crippen MR) is 48.3 cm³/mol. The van der Waals surface area contributed by atoms with Gasteiger partial charge < -0.3 is 4.74 Å². The first kappa shape index (κ1) is 11.7. The van der Waals surface area contributed by atoms with E-state index in [0.29, 0.717) is 0 Å². The highest BCUT2D eigenvalue weighted by atomic mass is 35.5. The second-order valence-corrected chi connectivity index (χ2v) is 4.13. The Bertz CT molecular complexity index is 209. The van der Waals surface area contributed by atoms with Gasteiger partial charge in [0, 0.05) is 0 Å². The van der Waals surface area contributed by atoms with Crippen LogP contribution < -0.4 is 0 Å². The summed E-state index contributed by atoms with van der Waals surface area (Å²) in [5.74, 6) is -1.43. The maximum atomic E-state index is 12.3. The van der Waals surface area contributed by atoms with Gasteiger partial charge in [-0.1, -0.05) is 12.8 Å². The van der Waals surface area contributed by atoms with Crippen molar-refractivity contribution in [3.05, 3.63) is 0 Å². The number of esters is 1. The van der Waals surface area contributed by atoms with Crippen LogP contribution in [-0.4, -0.2) is 17.5 Å². The Labute approximate surface area is 86.6 Å². The van der Waals surface area contributed by atoms with E-state index >= 15 is 0 Å². The molecule has 0 heterocycles. The molecule has 0 N–H and O–H groups in total. The van der Waals surface area contributed by atoms with Crippen molar-refractivity contribution < 1.29 is 18.3 Å². The monoisotopic (exact) mass is 226 g/mol. The molecule has 0 aliphatic heterocycles. The molecular formula is C9H13ClF2O2. The average molecular weight is 227 g/mol. The van der Waals surface area contributed by atoms with Crippen molar-refractivity contribution in [1.82, 2.24) is 0 Å². The Kier molecular flexibility index (Phi) is 3.70. The fraction of sp³-hybridized carbons (Fsp3) is 0.889. The van der Waals surface area contributed by atoms with Gasteiger partial charge in [0.1, 0.15) is 6.10 Å². The molecule has 0 amide bonds. The number of alkyl halides is 3. The number of ether oxygens (including phenoxy) is 1. The van der Waals surface area contributed by atoms with Crippen molar-refractivity contribution in [1.29, 1.82) is 0 Å². The van der Waals surface area contributed by atoms with Gasteiger partial charge in [0.15, 0.2) is 0 Å². The molecule has 0 saturated heterocycles. The number of carbonyl (C=O) groups is 1. The lowest BCUT2D eigenvalue weighted by Crippen LogP contribution is -2.31. The van der Waals surface area contributed by atoms with E-state index in [-0.39, 0.29) is 5.92 Å². The summed E-state index contributed by atoms with van der Waals surface area (Å²) in [6.07, 6.45) is 3.55. The van der Waals surface area contributed by atoms with E-state index < -0.39 is 17.5 Å². The number of hydrogen-bond acceptors (Lipinski definition) is 2. The van der Waals surface area contributed by atoms with Gasteiger partial charge in [0.05, 0.1) is 0 Å². The van der Waals surface area contributed by atoms with Crippen LogP contribution in [0.2, 0.25) is 0 Å². The highest BCUT2D eigenvalue weighted by Crippen LogP contribution is 2.30. The smallest absolute Gasteiger partial charge is 0.417 e. The van der Waals surface area contributed by atoms with Crippen LogP contribution >= 0.6 is 11.6 Å². The van der Waals surface area contributed by atoms with Crippen LogP contribution in [0.15, 0.2) is 0 Å². The SMILES string of the molecule is CC(OC(=O)C(F)(F)Cl)C1CCCC1. The van der Waals surface area contributed by atoms with Crippen LogP contribution in [0.3, 0.4) is 0 Å². The third-order valence-corrected chi connectivity index (χ3v) is 2.74. The number of hydrogen-bond donors (Lipinski definition) is 0. The van der Waals surface area contributed by atoms with Crippen molar-refractivity contribution in [2.45, 2.75) is 44.1 Å². The Morgan fingerprint density at radius 2 is 2.00 bits per heavy atom. The zero-order valence-corrected chi connectivity index (χ0v) is 8.69. The Hall–Kier alpha value is -0.380. The quantitative estimate of drug-likeness (QED) is 0.546. The van der Waals surface area contributed by atoms with E-state index in [9.17, 15) is 13.6 Å². The fourth-order valence-corrected chi connectivity index (χ4v) is 1.80. The van der Waals surface area contributed by atoms with Crippen molar-refractivity contribution in [3.63, 3.8) is 0 Å². The minimum Gasteiger partial charge on any atom is -0.457 e. The number of carbonyl (C=O) groups excluding carboxylic acids is 1. The lowest BCUT2D eigenvalue weighted by Gasteiger charge is -2.20. The van der Waals surface area contributed by atoms with Crippen molar-refractivity contribution >= 4 is 17.6 Å². The van der Waals surface area contributed by atoms with Crippen LogP contribution in [-0.2, 0) is 9.53 Å². The molecule has 0 radical (unpaired) electrons. The summed E-state index contributed by atoms with van der Waals surface area (Å²) in [6, 6.07) is 0. The van der Waals surface area contributed by atoms with Gasteiger partial charge in [-0.2, -0.15) is 8.78 Å². The molecule has 1 saturated carbocycles. The molecule has 82 valence electrons.